The van der Waals surface area contributed by atoms with Gasteiger partial charge in [0.1, 0.15) is 6.10 Å². The van der Waals surface area contributed by atoms with E-state index in [1.54, 1.807) is 12.1 Å². The fraction of sp³-hybridized carbons (Fsp3) is 0.524. The zero-order valence-electron chi connectivity index (χ0n) is 16.8. The van der Waals surface area contributed by atoms with Crippen molar-refractivity contribution < 1.29 is 22.7 Å². The summed E-state index contributed by atoms with van der Waals surface area (Å²) in [5, 5.41) is 0.408. The van der Waals surface area contributed by atoms with E-state index in [1.165, 1.54) is 12.3 Å². The standard InChI is InChI=1S/C21H26F3N3O2/c1-13-11-27(12-18(29-13)17(28)8-9-20(2,3)25)16-7-6-15(21(22,23)24)19-14(16)5-4-10-26-19/h4-7,10,13,18H,8-9,11-12,25H2,1-3H3/t13-,18-/m1/s1. The summed E-state index contributed by atoms with van der Waals surface area (Å²) in [4.78, 5) is 18.5. The molecule has 0 amide bonds. The molecule has 0 spiro atoms. The van der Waals surface area contributed by atoms with E-state index in [1.807, 2.05) is 25.7 Å². The number of carbonyl (C=O) groups is 1. The van der Waals surface area contributed by atoms with Crippen molar-refractivity contribution in [3.8, 4) is 0 Å². The van der Waals surface area contributed by atoms with Crippen molar-refractivity contribution in [3.63, 3.8) is 0 Å². The second kappa shape index (κ2) is 7.91. The van der Waals surface area contributed by atoms with Gasteiger partial charge >= 0.3 is 6.18 Å². The fourth-order valence-corrected chi connectivity index (χ4v) is 3.59. The second-order valence-corrected chi connectivity index (χ2v) is 8.32. The lowest BCUT2D eigenvalue weighted by Crippen LogP contribution is -2.50. The Balaban J connectivity index is 1.90. The van der Waals surface area contributed by atoms with Gasteiger partial charge in [-0.25, -0.2) is 0 Å². The van der Waals surface area contributed by atoms with E-state index in [9.17, 15) is 18.0 Å². The van der Waals surface area contributed by atoms with Crippen LogP contribution in [0.4, 0.5) is 18.9 Å². The highest BCUT2D eigenvalue weighted by Gasteiger charge is 2.35. The largest absolute Gasteiger partial charge is 0.418 e. The maximum atomic E-state index is 13.4. The number of hydrogen-bond acceptors (Lipinski definition) is 5. The molecular formula is C21H26F3N3O2. The second-order valence-electron chi connectivity index (χ2n) is 8.32. The highest BCUT2D eigenvalue weighted by molar-refractivity contribution is 5.94. The van der Waals surface area contributed by atoms with Crippen molar-refractivity contribution >= 4 is 22.4 Å². The summed E-state index contributed by atoms with van der Waals surface area (Å²) in [7, 11) is 0. The number of alkyl halides is 3. The number of halogens is 3. The molecule has 2 heterocycles. The molecule has 29 heavy (non-hydrogen) atoms. The Morgan fingerprint density at radius 1 is 1.28 bits per heavy atom. The molecule has 1 saturated heterocycles. The molecule has 1 aliphatic heterocycles. The summed E-state index contributed by atoms with van der Waals surface area (Å²) in [6.45, 7) is 6.32. The van der Waals surface area contributed by atoms with Gasteiger partial charge < -0.3 is 15.4 Å². The lowest BCUT2D eigenvalue weighted by Gasteiger charge is -2.38. The molecule has 0 aliphatic carbocycles. The number of benzene rings is 1. The molecule has 0 bridgehead atoms. The third kappa shape index (κ3) is 5.05. The number of rotatable bonds is 5. The molecule has 0 radical (unpaired) electrons. The van der Waals surface area contributed by atoms with Crippen LogP contribution in [0.2, 0.25) is 0 Å². The number of anilines is 1. The van der Waals surface area contributed by atoms with Crippen LogP contribution in [0.15, 0.2) is 30.5 Å². The number of fused-ring (bicyclic) bond motifs is 1. The quantitative estimate of drug-likeness (QED) is 0.810. The van der Waals surface area contributed by atoms with E-state index in [4.69, 9.17) is 10.5 Å². The average molecular weight is 409 g/mol. The molecule has 2 N–H and O–H groups in total. The zero-order valence-corrected chi connectivity index (χ0v) is 16.8. The third-order valence-electron chi connectivity index (χ3n) is 5.03. The summed E-state index contributed by atoms with van der Waals surface area (Å²) in [6, 6.07) is 5.75. The molecule has 5 nitrogen and oxygen atoms in total. The van der Waals surface area contributed by atoms with Crippen LogP contribution in [0, 0.1) is 0 Å². The van der Waals surface area contributed by atoms with Gasteiger partial charge in [0.2, 0.25) is 0 Å². The first-order valence-corrected chi connectivity index (χ1v) is 9.62. The summed E-state index contributed by atoms with van der Waals surface area (Å²) in [5.74, 6) is -0.0468. The third-order valence-corrected chi connectivity index (χ3v) is 5.03. The predicted octanol–water partition coefficient (Wildman–Crippen LogP) is 3.93. The minimum atomic E-state index is -4.49. The van der Waals surface area contributed by atoms with E-state index in [-0.39, 0.29) is 23.9 Å². The summed E-state index contributed by atoms with van der Waals surface area (Å²) < 4.78 is 46.0. The summed E-state index contributed by atoms with van der Waals surface area (Å²) in [6.07, 6.45) is -3.19. The Labute approximate surface area is 168 Å². The number of carbonyl (C=O) groups excluding carboxylic acids is 1. The van der Waals surface area contributed by atoms with Crippen LogP contribution in [0.1, 0.15) is 39.2 Å². The Morgan fingerprint density at radius 3 is 2.66 bits per heavy atom. The molecule has 1 fully saturated rings. The SMILES string of the molecule is C[C@@H]1CN(c2ccc(C(F)(F)F)c3ncccc23)C[C@H](C(=O)CCC(C)(C)N)O1. The molecule has 2 atom stereocenters. The molecule has 0 unspecified atom stereocenters. The van der Waals surface area contributed by atoms with E-state index >= 15 is 0 Å². The van der Waals surface area contributed by atoms with Gasteiger partial charge in [0.05, 0.1) is 23.7 Å². The van der Waals surface area contributed by atoms with E-state index < -0.39 is 23.4 Å². The van der Waals surface area contributed by atoms with Crippen molar-refractivity contribution in [2.45, 2.75) is 57.5 Å². The number of aromatic nitrogens is 1. The number of nitrogens with two attached hydrogens (primary N) is 1. The van der Waals surface area contributed by atoms with Crippen LogP contribution < -0.4 is 10.6 Å². The van der Waals surface area contributed by atoms with Crippen LogP contribution in [-0.4, -0.2) is 41.6 Å². The Hall–Kier alpha value is -2.19. The number of morpholine rings is 1. The van der Waals surface area contributed by atoms with Crippen LogP contribution >= 0.6 is 0 Å². The molecule has 1 aromatic carbocycles. The topological polar surface area (TPSA) is 68.5 Å². The normalized spacial score (nSPS) is 20.9. The minimum absolute atomic E-state index is 0.0468. The Kier molecular flexibility index (Phi) is 5.87. The first-order chi connectivity index (χ1) is 13.5. The molecule has 2 aromatic rings. The number of hydrogen-bond donors (Lipinski definition) is 1. The fourth-order valence-electron chi connectivity index (χ4n) is 3.59. The van der Waals surface area contributed by atoms with Gasteiger partial charge in [-0.3, -0.25) is 9.78 Å². The lowest BCUT2D eigenvalue weighted by molar-refractivity contribution is -0.136. The monoisotopic (exact) mass is 409 g/mol. The number of ketones is 1. The van der Waals surface area contributed by atoms with Gasteiger partial charge in [0.25, 0.3) is 0 Å². The maximum absolute atomic E-state index is 13.4. The van der Waals surface area contributed by atoms with Gasteiger partial charge in [0, 0.05) is 35.8 Å². The highest BCUT2D eigenvalue weighted by Crippen LogP contribution is 2.38. The highest BCUT2D eigenvalue weighted by atomic mass is 19.4. The Bertz CT molecular complexity index is 893. The van der Waals surface area contributed by atoms with Gasteiger partial charge in [-0.15, -0.1) is 0 Å². The average Bonchev–Trinajstić information content (AvgIpc) is 2.63. The molecule has 1 aliphatic rings. The molecule has 8 heteroatoms. The lowest BCUT2D eigenvalue weighted by atomic mass is 9.96. The summed E-state index contributed by atoms with van der Waals surface area (Å²) >= 11 is 0. The maximum Gasteiger partial charge on any atom is 0.418 e. The number of nitrogens with zero attached hydrogens (tertiary/aromatic N) is 2. The zero-order chi connectivity index (χ0) is 21.4. The molecule has 1 aromatic heterocycles. The number of pyridine rings is 1. The van der Waals surface area contributed by atoms with Gasteiger partial charge in [-0.1, -0.05) is 0 Å². The van der Waals surface area contributed by atoms with Crippen LogP contribution in [0.5, 0.6) is 0 Å². The van der Waals surface area contributed by atoms with E-state index in [2.05, 4.69) is 4.98 Å². The molecule has 0 saturated carbocycles. The van der Waals surface area contributed by atoms with Gasteiger partial charge in [-0.2, -0.15) is 13.2 Å². The summed E-state index contributed by atoms with van der Waals surface area (Å²) in [5.41, 5.74) is 5.27. The Morgan fingerprint density at radius 2 is 2.00 bits per heavy atom. The minimum Gasteiger partial charge on any atom is -0.365 e. The van der Waals surface area contributed by atoms with Crippen LogP contribution in [0.25, 0.3) is 10.9 Å². The van der Waals surface area contributed by atoms with Crippen molar-refractivity contribution in [1.29, 1.82) is 0 Å². The smallest absolute Gasteiger partial charge is 0.365 e. The van der Waals surface area contributed by atoms with Crippen LogP contribution in [0.3, 0.4) is 0 Å². The molecular weight excluding hydrogens is 383 g/mol. The molecule has 3 rings (SSSR count). The van der Waals surface area contributed by atoms with Crippen molar-refractivity contribution in [1.82, 2.24) is 4.98 Å². The molecule has 158 valence electrons. The van der Waals surface area contributed by atoms with E-state index in [0.29, 0.717) is 30.5 Å². The van der Waals surface area contributed by atoms with Gasteiger partial charge in [-0.05, 0) is 51.5 Å². The van der Waals surface area contributed by atoms with E-state index in [0.717, 1.165) is 6.07 Å². The first kappa shape index (κ1) is 21.5. The number of ether oxygens (including phenoxy) is 1. The van der Waals surface area contributed by atoms with Crippen LogP contribution in [-0.2, 0) is 15.7 Å². The number of Topliss-reactive ketones (excluding diaryl/α,β-unsaturated/α-hetero) is 1. The van der Waals surface area contributed by atoms with Crippen molar-refractivity contribution in [3.05, 3.63) is 36.0 Å². The van der Waals surface area contributed by atoms with Crippen molar-refractivity contribution in [2.24, 2.45) is 5.73 Å². The predicted molar refractivity (Wildman–Crippen MR) is 106 cm³/mol. The first-order valence-electron chi connectivity index (χ1n) is 9.62. The van der Waals surface area contributed by atoms with Gasteiger partial charge in [0.15, 0.2) is 5.78 Å². The van der Waals surface area contributed by atoms with Crippen molar-refractivity contribution in [2.75, 3.05) is 18.0 Å².